The minimum absolute atomic E-state index is 0.0428. The largest absolute Gasteiger partial charge is 0.393 e. The number of rotatable bonds is 9. The Bertz CT molecular complexity index is 1930. The summed E-state index contributed by atoms with van der Waals surface area (Å²) in [6.07, 6.45) is 23.8. The Labute approximate surface area is 461 Å². The molecule has 7 heteroatoms. The van der Waals surface area contributed by atoms with Gasteiger partial charge in [-0.3, -0.25) is 14.8 Å². The van der Waals surface area contributed by atoms with Crippen molar-refractivity contribution in [1.82, 2.24) is 29.5 Å². The van der Waals surface area contributed by atoms with Gasteiger partial charge in [-0.05, 0) is 226 Å². The fourth-order valence-corrected chi connectivity index (χ4v) is 12.4. The van der Waals surface area contributed by atoms with Gasteiger partial charge in [-0.15, -0.1) is 0 Å². The molecule has 418 valence electrons. The van der Waals surface area contributed by atoms with Gasteiger partial charge >= 0.3 is 0 Å². The fourth-order valence-electron chi connectivity index (χ4n) is 12.4. The number of benzene rings is 3. The van der Waals surface area contributed by atoms with Crippen LogP contribution in [0.1, 0.15) is 225 Å². The normalized spacial score (nSPS) is 24.1. The highest BCUT2D eigenvalue weighted by atomic mass is 16.3. The van der Waals surface area contributed by atoms with E-state index in [4.69, 9.17) is 0 Å². The molecule has 1 N–H and O–H groups in total. The molecular weight excluding hydrogens is 917 g/mol. The van der Waals surface area contributed by atoms with Crippen molar-refractivity contribution in [3.8, 4) is 0 Å². The highest BCUT2D eigenvalue weighted by Gasteiger charge is 2.27. The number of pyridine rings is 1. The lowest BCUT2D eigenvalue weighted by molar-refractivity contribution is 0.151. The molecule has 5 saturated heterocycles. The zero-order chi connectivity index (χ0) is 53.8. The number of aliphatic hydroxyl groups is 1. The summed E-state index contributed by atoms with van der Waals surface area (Å²) in [4.78, 5) is 17.5. The van der Waals surface area contributed by atoms with Gasteiger partial charge in [-0.25, -0.2) is 0 Å². The summed E-state index contributed by atoms with van der Waals surface area (Å²) in [7, 11) is 0. The van der Waals surface area contributed by atoms with E-state index in [0.29, 0.717) is 42.3 Å². The molecule has 5 aliphatic rings. The van der Waals surface area contributed by atoms with Crippen LogP contribution >= 0.6 is 0 Å². The van der Waals surface area contributed by atoms with Crippen molar-refractivity contribution in [2.75, 3.05) is 52.4 Å². The molecule has 4 aromatic rings. The van der Waals surface area contributed by atoms with Crippen molar-refractivity contribution in [3.05, 3.63) is 138 Å². The Morgan fingerprint density at radius 2 is 0.800 bits per heavy atom. The first-order valence-electron chi connectivity index (χ1n) is 30.8. The molecule has 5 fully saturated rings. The van der Waals surface area contributed by atoms with Gasteiger partial charge < -0.3 is 19.8 Å². The molecule has 6 heterocycles. The summed E-state index contributed by atoms with van der Waals surface area (Å²) in [5, 5.41) is 9.36. The Morgan fingerprint density at radius 1 is 0.360 bits per heavy atom. The topological polar surface area (TPSA) is 49.3 Å². The lowest BCUT2D eigenvalue weighted by Gasteiger charge is -2.33. The molecule has 0 amide bonds. The van der Waals surface area contributed by atoms with Gasteiger partial charge in [0.25, 0.3) is 0 Å². The van der Waals surface area contributed by atoms with Crippen molar-refractivity contribution in [2.24, 2.45) is 0 Å². The number of aromatic nitrogens is 1. The van der Waals surface area contributed by atoms with Gasteiger partial charge in [0.15, 0.2) is 0 Å². The standard InChI is InChI=1S/3C15H23N.C14H22N2.C9H19NO/c1-13(2)16-12-8-4-7-11-15(16)14-9-5-3-6-10-14;1-13(2)16-11-7-6-10-15(12-16)14-8-4-3-5-9-14;1-13(2)16-11-6-9-15(10-12-16)14-7-4-3-5-8-14;1-12(2)16-11-7-3-4-9-14(16)13-8-5-6-10-15-13;1-8(2)10-6-3-4-9(11)5-7-10/h3,5-6,9-10,13,15H,4,7-8,11-12H2,1-2H3;3-5,8-9,13,15H,6-7,10-12H2,1-2H3;3-5,7-8,13,15H,6,9-12H2,1-2H3;5-6,8,10,12,14H,3-4,7,9,11H2,1-2H3;8-9,11H,3-7H2,1-2H3. The summed E-state index contributed by atoms with van der Waals surface area (Å²) in [6, 6.07) is 43.8. The average Bonchev–Trinajstić information content (AvgIpc) is 4.09. The molecule has 0 aliphatic carbocycles. The van der Waals surface area contributed by atoms with Gasteiger partial charge in [-0.2, -0.15) is 0 Å². The second-order valence-corrected chi connectivity index (χ2v) is 24.1. The Morgan fingerprint density at radius 3 is 1.33 bits per heavy atom. The molecule has 0 bridgehead atoms. The first-order valence-corrected chi connectivity index (χ1v) is 30.8. The maximum atomic E-state index is 9.36. The highest BCUT2D eigenvalue weighted by molar-refractivity contribution is 5.22. The lowest BCUT2D eigenvalue weighted by Crippen LogP contribution is -2.35. The van der Waals surface area contributed by atoms with E-state index in [1.165, 1.54) is 152 Å². The molecule has 5 aliphatic heterocycles. The van der Waals surface area contributed by atoms with Crippen LogP contribution in [0.25, 0.3) is 0 Å². The summed E-state index contributed by atoms with van der Waals surface area (Å²) in [6.45, 7) is 32.7. The molecule has 7 nitrogen and oxygen atoms in total. The quantitative estimate of drug-likeness (QED) is 0.179. The molecule has 0 saturated carbocycles. The number of nitrogens with zero attached hydrogens (tertiary/aromatic N) is 6. The van der Waals surface area contributed by atoms with Crippen molar-refractivity contribution < 1.29 is 5.11 Å². The third kappa shape index (κ3) is 22.5. The summed E-state index contributed by atoms with van der Waals surface area (Å²) < 4.78 is 0. The van der Waals surface area contributed by atoms with Crippen LogP contribution in [0.2, 0.25) is 0 Å². The zero-order valence-electron chi connectivity index (χ0n) is 49.6. The summed E-state index contributed by atoms with van der Waals surface area (Å²) in [5.41, 5.74) is 5.80. The molecule has 0 spiro atoms. The van der Waals surface area contributed by atoms with E-state index in [-0.39, 0.29) is 6.10 Å². The Hall–Kier alpha value is -3.43. The monoisotopic (exact) mass is 1030 g/mol. The molecule has 3 aromatic carbocycles. The Kier molecular flexibility index (Phi) is 29.3. The van der Waals surface area contributed by atoms with E-state index in [2.05, 4.69) is 202 Å². The second kappa shape index (κ2) is 35.2. The van der Waals surface area contributed by atoms with Gasteiger partial charge in [0.2, 0.25) is 0 Å². The first-order chi connectivity index (χ1) is 36.3. The minimum atomic E-state index is -0.0428. The number of likely N-dealkylation sites (tertiary alicyclic amines) is 5. The number of aliphatic hydroxyl groups excluding tert-OH is 1. The fraction of sp³-hybridized carbons (Fsp3) is 0.662. The molecular formula is C68H110N6O. The summed E-state index contributed by atoms with van der Waals surface area (Å²) >= 11 is 0. The van der Waals surface area contributed by atoms with Gasteiger partial charge in [0.05, 0.1) is 17.8 Å². The maximum Gasteiger partial charge on any atom is 0.0575 e. The highest BCUT2D eigenvalue weighted by Crippen LogP contribution is 2.33. The smallest absolute Gasteiger partial charge is 0.0575 e. The van der Waals surface area contributed by atoms with Crippen LogP contribution < -0.4 is 0 Å². The van der Waals surface area contributed by atoms with Crippen molar-refractivity contribution in [3.63, 3.8) is 0 Å². The molecule has 1 aromatic heterocycles. The lowest BCUT2D eigenvalue weighted by atomic mass is 9.92. The molecule has 5 atom stereocenters. The van der Waals surface area contributed by atoms with Crippen LogP contribution in [-0.4, -0.2) is 123 Å². The van der Waals surface area contributed by atoms with Crippen LogP contribution in [-0.2, 0) is 0 Å². The Balaban J connectivity index is 0.000000174. The first kappa shape index (κ1) is 62.4. The van der Waals surface area contributed by atoms with Gasteiger partial charge in [-0.1, -0.05) is 129 Å². The van der Waals surface area contributed by atoms with Crippen molar-refractivity contribution >= 4 is 0 Å². The molecule has 0 radical (unpaired) electrons. The van der Waals surface area contributed by atoms with Crippen molar-refractivity contribution in [2.45, 2.75) is 239 Å². The van der Waals surface area contributed by atoms with Gasteiger partial charge in [0.1, 0.15) is 0 Å². The predicted molar refractivity (Wildman–Crippen MR) is 323 cm³/mol. The van der Waals surface area contributed by atoms with Crippen LogP contribution in [0.5, 0.6) is 0 Å². The van der Waals surface area contributed by atoms with Gasteiger partial charge in [0, 0.05) is 55.5 Å². The zero-order valence-corrected chi connectivity index (χ0v) is 49.6. The summed E-state index contributed by atoms with van der Waals surface area (Å²) in [5.74, 6) is 1.52. The van der Waals surface area contributed by atoms with E-state index in [1.807, 2.05) is 12.3 Å². The van der Waals surface area contributed by atoms with E-state index in [0.717, 1.165) is 44.2 Å². The van der Waals surface area contributed by atoms with E-state index in [1.54, 1.807) is 0 Å². The van der Waals surface area contributed by atoms with E-state index in [9.17, 15) is 5.11 Å². The van der Waals surface area contributed by atoms with E-state index >= 15 is 0 Å². The predicted octanol–water partition coefficient (Wildman–Crippen LogP) is 16.0. The van der Waals surface area contributed by atoms with Crippen LogP contribution in [0.15, 0.2) is 115 Å². The minimum Gasteiger partial charge on any atom is -0.393 e. The molecule has 9 rings (SSSR count). The maximum absolute atomic E-state index is 9.36. The number of hydrogen-bond donors (Lipinski definition) is 1. The van der Waals surface area contributed by atoms with Crippen LogP contribution in [0.3, 0.4) is 0 Å². The third-order valence-corrected chi connectivity index (χ3v) is 17.1. The molecule has 75 heavy (non-hydrogen) atoms. The average molecular weight is 1030 g/mol. The number of hydrogen-bond acceptors (Lipinski definition) is 7. The van der Waals surface area contributed by atoms with E-state index < -0.39 is 0 Å². The third-order valence-electron chi connectivity index (χ3n) is 17.1. The van der Waals surface area contributed by atoms with Crippen LogP contribution in [0.4, 0.5) is 0 Å². The molecule has 5 unspecified atom stereocenters. The van der Waals surface area contributed by atoms with Crippen LogP contribution in [0, 0.1) is 0 Å². The SMILES string of the molecule is CC(C)N1CCCC(O)CC1.CC(C)N1CCCC(c2ccccc2)CC1.CC(C)N1CCCCC(c2ccccc2)C1.CC(C)N1CCCCCC1c1ccccc1.CC(C)N1CCCCCC1c1ccccn1. The second-order valence-electron chi connectivity index (χ2n) is 24.1. The van der Waals surface area contributed by atoms with Crippen molar-refractivity contribution in [1.29, 1.82) is 0 Å².